The van der Waals surface area contributed by atoms with Gasteiger partial charge >= 0.3 is 0 Å². The van der Waals surface area contributed by atoms with Crippen LogP contribution >= 0.6 is 22.9 Å². The van der Waals surface area contributed by atoms with E-state index >= 15 is 0 Å². The molecular formula is C20H21ClN4OS. The molecule has 3 aromatic rings. The predicted octanol–water partition coefficient (Wildman–Crippen LogP) is 4.15. The second-order valence-electron chi connectivity index (χ2n) is 6.64. The van der Waals surface area contributed by atoms with Crippen molar-refractivity contribution in [3.8, 4) is 5.69 Å². The first-order valence-electron chi connectivity index (χ1n) is 9.07. The Hall–Kier alpha value is -2.15. The summed E-state index contributed by atoms with van der Waals surface area (Å²) >= 11 is 7.78. The molecule has 0 bridgehead atoms. The normalized spacial score (nSPS) is 15.7. The van der Waals surface area contributed by atoms with Crippen LogP contribution in [0.25, 0.3) is 5.69 Å². The Morgan fingerprint density at radius 3 is 2.85 bits per heavy atom. The molecule has 4 rings (SSSR count). The zero-order chi connectivity index (χ0) is 18.6. The van der Waals surface area contributed by atoms with Crippen LogP contribution in [0.1, 0.15) is 34.1 Å². The summed E-state index contributed by atoms with van der Waals surface area (Å²) in [4.78, 5) is 16.4. The molecule has 0 saturated carbocycles. The van der Waals surface area contributed by atoms with Crippen LogP contribution in [-0.4, -0.2) is 40.2 Å². The second-order valence-corrected chi connectivity index (χ2v) is 8.05. The number of hydrogen-bond donors (Lipinski definition) is 1. The number of benzene rings is 1. The first kappa shape index (κ1) is 18.2. The maximum Gasteiger partial charge on any atom is 0.254 e. The van der Waals surface area contributed by atoms with E-state index in [1.54, 1.807) is 28.4 Å². The fourth-order valence-electron chi connectivity index (χ4n) is 3.44. The lowest BCUT2D eigenvalue weighted by molar-refractivity contribution is 0.0938. The molecule has 27 heavy (non-hydrogen) atoms. The van der Waals surface area contributed by atoms with Gasteiger partial charge in [-0.3, -0.25) is 9.69 Å². The third-order valence-electron chi connectivity index (χ3n) is 4.83. The third kappa shape index (κ3) is 4.24. The number of aromatic nitrogens is 2. The average molecular weight is 401 g/mol. The fourth-order valence-corrected chi connectivity index (χ4v) is 4.48. The molecular weight excluding hydrogens is 380 g/mol. The van der Waals surface area contributed by atoms with Crippen LogP contribution in [0.15, 0.2) is 54.2 Å². The van der Waals surface area contributed by atoms with Gasteiger partial charge in [0.2, 0.25) is 0 Å². The minimum absolute atomic E-state index is 0.107. The summed E-state index contributed by atoms with van der Waals surface area (Å²) in [6, 6.07) is 11.8. The molecule has 1 amide bonds. The van der Waals surface area contributed by atoms with Crippen molar-refractivity contribution in [1.29, 1.82) is 0 Å². The zero-order valence-electron chi connectivity index (χ0n) is 14.8. The van der Waals surface area contributed by atoms with E-state index in [4.69, 9.17) is 11.6 Å². The molecule has 3 heterocycles. The second kappa shape index (κ2) is 8.25. The molecule has 1 aliphatic heterocycles. The van der Waals surface area contributed by atoms with E-state index in [9.17, 15) is 4.79 Å². The number of amides is 1. The summed E-state index contributed by atoms with van der Waals surface area (Å²) < 4.78 is 1.66. The van der Waals surface area contributed by atoms with Gasteiger partial charge in [0.05, 0.1) is 23.5 Å². The Labute approximate surface area is 167 Å². The fraction of sp³-hybridized carbons (Fsp3) is 0.300. The maximum absolute atomic E-state index is 12.6. The number of thiophene rings is 1. The van der Waals surface area contributed by atoms with E-state index in [1.807, 2.05) is 24.3 Å². The van der Waals surface area contributed by atoms with Crippen molar-refractivity contribution in [2.24, 2.45) is 0 Å². The smallest absolute Gasteiger partial charge is 0.254 e. The molecule has 1 N–H and O–H groups in total. The molecule has 0 aliphatic carbocycles. The number of carbonyl (C=O) groups is 1. The Morgan fingerprint density at radius 1 is 1.26 bits per heavy atom. The van der Waals surface area contributed by atoms with Crippen LogP contribution in [0.5, 0.6) is 0 Å². The Balaban J connectivity index is 1.44. The van der Waals surface area contributed by atoms with E-state index in [-0.39, 0.29) is 11.9 Å². The van der Waals surface area contributed by atoms with Crippen molar-refractivity contribution >= 4 is 28.8 Å². The largest absolute Gasteiger partial charge is 0.350 e. The van der Waals surface area contributed by atoms with Crippen LogP contribution in [0.2, 0.25) is 5.02 Å². The quantitative estimate of drug-likeness (QED) is 0.676. The van der Waals surface area contributed by atoms with Crippen molar-refractivity contribution in [2.45, 2.75) is 18.9 Å². The standard InChI is InChI=1S/C20H21ClN4OS/c21-16-5-3-6-17(11-16)25-14-15(12-23-25)20(26)22-13-18(19-7-4-10-27-19)24-8-1-2-9-24/h3-7,10-12,14,18H,1-2,8-9,13H2,(H,22,26). The van der Waals surface area contributed by atoms with Crippen LogP contribution in [0, 0.1) is 0 Å². The van der Waals surface area contributed by atoms with Crippen LogP contribution < -0.4 is 5.32 Å². The van der Waals surface area contributed by atoms with Crippen molar-refractivity contribution in [2.75, 3.05) is 19.6 Å². The topological polar surface area (TPSA) is 50.2 Å². The highest BCUT2D eigenvalue weighted by Gasteiger charge is 2.25. The molecule has 7 heteroatoms. The lowest BCUT2D eigenvalue weighted by Gasteiger charge is -2.26. The summed E-state index contributed by atoms with van der Waals surface area (Å²) in [6.45, 7) is 2.78. The van der Waals surface area contributed by atoms with Gasteiger partial charge in [0, 0.05) is 22.6 Å². The molecule has 1 saturated heterocycles. The SMILES string of the molecule is O=C(NCC(c1cccs1)N1CCCC1)c1cnn(-c2cccc(Cl)c2)c1. The van der Waals surface area contributed by atoms with Gasteiger partial charge in [0.1, 0.15) is 0 Å². The Kier molecular flexibility index (Phi) is 5.57. The lowest BCUT2D eigenvalue weighted by Crippen LogP contribution is -2.36. The van der Waals surface area contributed by atoms with E-state index in [0.29, 0.717) is 17.1 Å². The van der Waals surface area contributed by atoms with Crippen LogP contribution in [0.4, 0.5) is 0 Å². The van der Waals surface area contributed by atoms with Crippen LogP contribution in [-0.2, 0) is 0 Å². The van der Waals surface area contributed by atoms with E-state index < -0.39 is 0 Å². The van der Waals surface area contributed by atoms with Gasteiger partial charge in [-0.1, -0.05) is 23.7 Å². The maximum atomic E-state index is 12.6. The number of nitrogens with one attached hydrogen (secondary N) is 1. The van der Waals surface area contributed by atoms with Gasteiger partial charge in [0.15, 0.2) is 0 Å². The molecule has 1 atom stereocenters. The third-order valence-corrected chi connectivity index (χ3v) is 6.04. The van der Waals surface area contributed by atoms with Gasteiger partial charge in [-0.15, -0.1) is 11.3 Å². The Morgan fingerprint density at radius 2 is 2.11 bits per heavy atom. The van der Waals surface area contributed by atoms with Crippen molar-refractivity contribution < 1.29 is 4.79 Å². The first-order chi connectivity index (χ1) is 13.2. The molecule has 2 aromatic heterocycles. The highest BCUT2D eigenvalue weighted by atomic mass is 35.5. The van der Waals surface area contributed by atoms with Crippen molar-refractivity contribution in [3.63, 3.8) is 0 Å². The van der Waals surface area contributed by atoms with Gasteiger partial charge in [-0.05, 0) is 55.6 Å². The molecule has 1 aromatic carbocycles. The number of rotatable bonds is 6. The number of likely N-dealkylation sites (tertiary alicyclic amines) is 1. The van der Waals surface area contributed by atoms with E-state index in [0.717, 1.165) is 18.8 Å². The van der Waals surface area contributed by atoms with Crippen LogP contribution in [0.3, 0.4) is 0 Å². The average Bonchev–Trinajstić information content (AvgIpc) is 3.43. The van der Waals surface area contributed by atoms with Gasteiger partial charge in [0.25, 0.3) is 5.91 Å². The van der Waals surface area contributed by atoms with E-state index in [1.165, 1.54) is 17.7 Å². The number of hydrogen-bond acceptors (Lipinski definition) is 4. The molecule has 1 fully saturated rings. The number of halogens is 1. The lowest BCUT2D eigenvalue weighted by atomic mass is 10.2. The van der Waals surface area contributed by atoms with Gasteiger partial charge in [-0.25, -0.2) is 4.68 Å². The van der Waals surface area contributed by atoms with E-state index in [2.05, 4.69) is 32.8 Å². The molecule has 1 unspecified atom stereocenters. The van der Waals surface area contributed by atoms with Gasteiger partial charge in [-0.2, -0.15) is 5.10 Å². The van der Waals surface area contributed by atoms with Crippen molar-refractivity contribution in [3.05, 3.63) is 69.6 Å². The van der Waals surface area contributed by atoms with Gasteiger partial charge < -0.3 is 5.32 Å². The molecule has 5 nitrogen and oxygen atoms in total. The highest BCUT2D eigenvalue weighted by molar-refractivity contribution is 7.10. The predicted molar refractivity (Wildman–Crippen MR) is 109 cm³/mol. The molecule has 140 valence electrons. The molecule has 0 spiro atoms. The minimum atomic E-state index is -0.107. The van der Waals surface area contributed by atoms with Crippen molar-refractivity contribution in [1.82, 2.24) is 20.0 Å². The molecule has 0 radical (unpaired) electrons. The highest BCUT2D eigenvalue weighted by Crippen LogP contribution is 2.28. The summed E-state index contributed by atoms with van der Waals surface area (Å²) in [5.74, 6) is -0.107. The first-order valence-corrected chi connectivity index (χ1v) is 10.3. The summed E-state index contributed by atoms with van der Waals surface area (Å²) in [6.07, 6.45) is 5.77. The summed E-state index contributed by atoms with van der Waals surface area (Å²) in [7, 11) is 0. The monoisotopic (exact) mass is 400 g/mol. The summed E-state index contributed by atoms with van der Waals surface area (Å²) in [5.41, 5.74) is 1.37. The zero-order valence-corrected chi connectivity index (χ0v) is 16.4. The minimum Gasteiger partial charge on any atom is -0.350 e. The molecule has 1 aliphatic rings. The number of carbonyl (C=O) groups excluding carboxylic acids is 1. The Bertz CT molecular complexity index is 902. The number of nitrogens with zero attached hydrogens (tertiary/aromatic N) is 3. The summed E-state index contributed by atoms with van der Waals surface area (Å²) in [5, 5.41) is 10.1.